The van der Waals surface area contributed by atoms with E-state index in [2.05, 4.69) is 4.98 Å². The van der Waals surface area contributed by atoms with E-state index in [1.807, 2.05) is 48.2 Å². The van der Waals surface area contributed by atoms with Crippen molar-refractivity contribution in [1.82, 2.24) is 9.88 Å². The van der Waals surface area contributed by atoms with Crippen molar-refractivity contribution in [1.29, 1.82) is 0 Å². The van der Waals surface area contributed by atoms with Gasteiger partial charge in [0.2, 0.25) is 0 Å². The van der Waals surface area contributed by atoms with Crippen LogP contribution in [0.4, 0.5) is 0 Å². The van der Waals surface area contributed by atoms with Crippen molar-refractivity contribution in [3.63, 3.8) is 0 Å². The third-order valence-corrected chi connectivity index (χ3v) is 5.60. The molecule has 1 aliphatic rings. The summed E-state index contributed by atoms with van der Waals surface area (Å²) in [6.45, 7) is 3.76. The van der Waals surface area contributed by atoms with Gasteiger partial charge in [0.1, 0.15) is 17.4 Å². The second-order valence-electron chi connectivity index (χ2n) is 7.31. The van der Waals surface area contributed by atoms with E-state index in [1.54, 1.807) is 18.3 Å². The molecule has 1 saturated heterocycles. The molecule has 4 rings (SSSR count). The Kier molecular flexibility index (Phi) is 6.77. The van der Waals surface area contributed by atoms with Crippen LogP contribution in [0.15, 0.2) is 54.7 Å². The number of piperidine rings is 1. The van der Waals surface area contributed by atoms with Gasteiger partial charge in [-0.3, -0.25) is 9.78 Å². The van der Waals surface area contributed by atoms with E-state index in [9.17, 15) is 4.79 Å². The van der Waals surface area contributed by atoms with Crippen LogP contribution in [0.25, 0.3) is 10.9 Å². The number of amides is 1. The van der Waals surface area contributed by atoms with Crippen LogP contribution in [-0.2, 0) is 4.79 Å². The summed E-state index contributed by atoms with van der Waals surface area (Å²) >= 11 is 6.22. The number of pyridine rings is 1. The number of benzene rings is 2. The molecule has 2 aromatic carbocycles. The van der Waals surface area contributed by atoms with E-state index in [1.165, 1.54) is 0 Å². The minimum Gasteiger partial charge on any atom is -0.490 e. The lowest BCUT2D eigenvalue weighted by molar-refractivity contribution is -0.135. The molecule has 0 saturated carbocycles. The summed E-state index contributed by atoms with van der Waals surface area (Å²) in [5, 5.41) is 1.41. The molecule has 6 nitrogen and oxygen atoms in total. The average molecular weight is 441 g/mol. The van der Waals surface area contributed by atoms with Crippen LogP contribution >= 0.6 is 11.6 Å². The van der Waals surface area contributed by atoms with Crippen LogP contribution in [0.1, 0.15) is 19.8 Å². The van der Waals surface area contributed by atoms with Crippen LogP contribution in [0.2, 0.25) is 5.02 Å². The summed E-state index contributed by atoms with van der Waals surface area (Å²) in [5.41, 5.74) is 0.655. The first-order valence-electron chi connectivity index (χ1n) is 10.5. The number of rotatable bonds is 7. The molecule has 0 unspecified atom stereocenters. The molecule has 2 heterocycles. The normalized spacial score (nSPS) is 14.5. The molecule has 1 fully saturated rings. The zero-order chi connectivity index (χ0) is 21.6. The van der Waals surface area contributed by atoms with Gasteiger partial charge in [-0.2, -0.15) is 0 Å². The number of aromatic nitrogens is 1. The molecule has 0 spiro atoms. The van der Waals surface area contributed by atoms with Crippen molar-refractivity contribution in [3.05, 3.63) is 59.8 Å². The molecule has 0 radical (unpaired) electrons. The van der Waals surface area contributed by atoms with Crippen LogP contribution in [-0.4, -0.2) is 48.2 Å². The monoisotopic (exact) mass is 440 g/mol. The predicted molar refractivity (Wildman–Crippen MR) is 120 cm³/mol. The van der Waals surface area contributed by atoms with E-state index in [4.69, 9.17) is 25.8 Å². The van der Waals surface area contributed by atoms with Crippen molar-refractivity contribution in [2.45, 2.75) is 25.9 Å². The lowest BCUT2D eigenvalue weighted by Crippen LogP contribution is -2.43. The largest absolute Gasteiger partial charge is 0.490 e. The van der Waals surface area contributed by atoms with Gasteiger partial charge in [0.25, 0.3) is 5.91 Å². The third-order valence-electron chi connectivity index (χ3n) is 5.27. The Balaban J connectivity index is 1.31. The minimum atomic E-state index is -0.0489. The predicted octanol–water partition coefficient (Wildman–Crippen LogP) is 4.74. The van der Waals surface area contributed by atoms with Crippen molar-refractivity contribution in [2.75, 3.05) is 26.3 Å². The smallest absolute Gasteiger partial charge is 0.260 e. The molecule has 1 amide bonds. The summed E-state index contributed by atoms with van der Waals surface area (Å²) in [4.78, 5) is 18.8. The Morgan fingerprint density at radius 2 is 1.81 bits per heavy atom. The third kappa shape index (κ3) is 5.02. The Morgan fingerprint density at radius 3 is 2.58 bits per heavy atom. The van der Waals surface area contributed by atoms with E-state index in [0.717, 1.165) is 29.7 Å². The van der Waals surface area contributed by atoms with Gasteiger partial charge in [0.05, 0.1) is 11.6 Å². The van der Waals surface area contributed by atoms with Gasteiger partial charge in [-0.1, -0.05) is 23.7 Å². The van der Waals surface area contributed by atoms with E-state index >= 15 is 0 Å². The molecular formula is C24H25ClN2O4. The molecule has 0 aliphatic carbocycles. The topological polar surface area (TPSA) is 60.9 Å². The second kappa shape index (κ2) is 9.88. The molecule has 1 aliphatic heterocycles. The highest BCUT2D eigenvalue weighted by atomic mass is 35.5. The Bertz CT molecular complexity index is 1050. The fraction of sp³-hybridized carbons (Fsp3) is 0.333. The molecule has 3 aromatic rings. The zero-order valence-corrected chi connectivity index (χ0v) is 18.2. The summed E-state index contributed by atoms with van der Waals surface area (Å²) in [6, 6.07) is 14.9. The van der Waals surface area contributed by atoms with Crippen LogP contribution in [0, 0.1) is 0 Å². The van der Waals surface area contributed by atoms with Crippen LogP contribution in [0.3, 0.4) is 0 Å². The number of halogens is 1. The molecule has 0 N–H and O–H groups in total. The van der Waals surface area contributed by atoms with Gasteiger partial charge in [-0.15, -0.1) is 0 Å². The van der Waals surface area contributed by atoms with Gasteiger partial charge in [0.15, 0.2) is 18.1 Å². The molecule has 0 bridgehead atoms. The summed E-state index contributed by atoms with van der Waals surface area (Å²) in [7, 11) is 0. The first kappa shape index (κ1) is 21.2. The number of nitrogens with zero attached hydrogens (tertiary/aromatic N) is 2. The maximum Gasteiger partial charge on any atom is 0.260 e. The highest BCUT2D eigenvalue weighted by molar-refractivity contribution is 6.35. The Labute approximate surface area is 186 Å². The highest BCUT2D eigenvalue weighted by Crippen LogP contribution is 2.31. The second-order valence-corrected chi connectivity index (χ2v) is 7.72. The first-order valence-corrected chi connectivity index (χ1v) is 10.9. The fourth-order valence-electron chi connectivity index (χ4n) is 3.68. The maximum absolute atomic E-state index is 12.7. The quantitative estimate of drug-likeness (QED) is 0.531. The molecule has 162 valence electrons. The summed E-state index contributed by atoms with van der Waals surface area (Å²) in [6.07, 6.45) is 3.26. The van der Waals surface area contributed by atoms with Gasteiger partial charge < -0.3 is 19.1 Å². The number of carbonyl (C=O) groups excluding carboxylic acids is 1. The highest BCUT2D eigenvalue weighted by Gasteiger charge is 2.25. The van der Waals surface area contributed by atoms with Crippen molar-refractivity contribution >= 4 is 28.4 Å². The molecule has 7 heteroatoms. The molecular weight excluding hydrogens is 416 g/mol. The lowest BCUT2D eigenvalue weighted by Gasteiger charge is -2.32. The van der Waals surface area contributed by atoms with Gasteiger partial charge in [0, 0.05) is 37.5 Å². The first-order chi connectivity index (χ1) is 15.2. The molecule has 0 atom stereocenters. The number of para-hydroxylation sites is 2. The zero-order valence-electron chi connectivity index (χ0n) is 17.4. The van der Waals surface area contributed by atoms with E-state index in [0.29, 0.717) is 36.0 Å². The fourth-order valence-corrected chi connectivity index (χ4v) is 3.90. The van der Waals surface area contributed by atoms with Gasteiger partial charge in [-0.25, -0.2) is 0 Å². The van der Waals surface area contributed by atoms with E-state index in [-0.39, 0.29) is 18.6 Å². The Hall–Kier alpha value is -2.99. The molecule has 1 aromatic heterocycles. The van der Waals surface area contributed by atoms with Gasteiger partial charge in [-0.05, 0) is 43.3 Å². The average Bonchev–Trinajstić information content (AvgIpc) is 2.81. The lowest BCUT2D eigenvalue weighted by atomic mass is 10.1. The van der Waals surface area contributed by atoms with E-state index < -0.39 is 0 Å². The number of likely N-dealkylation sites (tertiary alicyclic amines) is 1. The van der Waals surface area contributed by atoms with Crippen molar-refractivity contribution in [3.8, 4) is 17.2 Å². The number of carbonyl (C=O) groups is 1. The number of hydrogen-bond donors (Lipinski definition) is 0. The minimum absolute atomic E-state index is 0.0357. The number of ether oxygens (including phenoxy) is 3. The maximum atomic E-state index is 12.7. The standard InChI is InChI=1S/C24H25ClN2O4/c1-2-29-20-7-3-4-8-21(20)31-17-11-14-27(15-12-17)23(28)16-30-22-10-9-19(25)18-6-5-13-26-24(18)22/h3-10,13,17H,2,11-12,14-16H2,1H3. The SMILES string of the molecule is CCOc1ccccc1OC1CCN(C(=O)COc2ccc(Cl)c3cccnc23)CC1. The number of hydrogen-bond acceptors (Lipinski definition) is 5. The summed E-state index contributed by atoms with van der Waals surface area (Å²) in [5.74, 6) is 2.01. The van der Waals surface area contributed by atoms with Gasteiger partial charge >= 0.3 is 0 Å². The van der Waals surface area contributed by atoms with Crippen molar-refractivity contribution < 1.29 is 19.0 Å². The Morgan fingerprint density at radius 1 is 1.03 bits per heavy atom. The van der Waals surface area contributed by atoms with Crippen LogP contribution in [0.5, 0.6) is 17.2 Å². The number of fused-ring (bicyclic) bond motifs is 1. The summed E-state index contributed by atoms with van der Waals surface area (Å²) < 4.78 is 17.6. The van der Waals surface area contributed by atoms with Crippen LogP contribution < -0.4 is 14.2 Å². The molecule has 31 heavy (non-hydrogen) atoms. The van der Waals surface area contributed by atoms with Crippen molar-refractivity contribution in [2.24, 2.45) is 0 Å².